The summed E-state index contributed by atoms with van der Waals surface area (Å²) in [6, 6.07) is 2.72. The van der Waals surface area contributed by atoms with Crippen molar-refractivity contribution < 1.29 is 23.9 Å². The molecule has 0 saturated heterocycles. The Morgan fingerprint density at radius 1 is 1.29 bits per heavy atom. The van der Waals surface area contributed by atoms with E-state index in [0.717, 1.165) is 5.56 Å². The van der Waals surface area contributed by atoms with Crippen LogP contribution < -0.4 is 10.5 Å². The first-order chi connectivity index (χ1) is 12.9. The van der Waals surface area contributed by atoms with Crippen molar-refractivity contribution >= 4 is 33.7 Å². The molecule has 0 aromatic heterocycles. The third-order valence-electron chi connectivity index (χ3n) is 4.11. The van der Waals surface area contributed by atoms with Gasteiger partial charge in [0.2, 0.25) is 5.91 Å². The maximum Gasteiger partial charge on any atom is 0.306 e. The Morgan fingerprint density at radius 3 is 2.46 bits per heavy atom. The SMILES string of the molecule is CC(C)Oc1c(Br)ccc2c1C(=O)N(C(CCC(=O)OC(C)(C)C)C(N)=O)C2. The Hall–Kier alpha value is -2.09. The second kappa shape index (κ2) is 8.51. The van der Waals surface area contributed by atoms with Gasteiger partial charge in [0.25, 0.3) is 5.91 Å². The van der Waals surface area contributed by atoms with Crippen molar-refractivity contribution in [3.05, 3.63) is 27.7 Å². The lowest BCUT2D eigenvalue weighted by atomic mass is 10.1. The molecule has 0 radical (unpaired) electrons. The highest BCUT2D eigenvalue weighted by molar-refractivity contribution is 9.10. The van der Waals surface area contributed by atoms with E-state index in [-0.39, 0.29) is 31.4 Å². The maximum absolute atomic E-state index is 13.1. The Bertz CT molecular complexity index is 786. The molecular formula is C20H27BrN2O5. The molecule has 8 heteroatoms. The summed E-state index contributed by atoms with van der Waals surface area (Å²) in [6.07, 6.45) is -0.0287. The van der Waals surface area contributed by atoms with Crippen LogP contribution in [0.15, 0.2) is 16.6 Å². The second-order valence-corrected chi connectivity index (χ2v) is 8.91. The van der Waals surface area contributed by atoms with Crippen LogP contribution in [0.1, 0.15) is 63.4 Å². The van der Waals surface area contributed by atoms with E-state index in [0.29, 0.717) is 15.8 Å². The first-order valence-electron chi connectivity index (χ1n) is 9.21. The fourth-order valence-electron chi connectivity index (χ4n) is 3.06. The second-order valence-electron chi connectivity index (χ2n) is 8.05. The zero-order valence-electron chi connectivity index (χ0n) is 16.9. The summed E-state index contributed by atoms with van der Waals surface area (Å²) in [5.41, 5.74) is 6.11. The van der Waals surface area contributed by atoms with E-state index < -0.39 is 23.5 Å². The van der Waals surface area contributed by atoms with Gasteiger partial charge < -0.3 is 20.1 Å². The number of halogens is 1. The third-order valence-corrected chi connectivity index (χ3v) is 4.74. The summed E-state index contributed by atoms with van der Waals surface area (Å²) in [7, 11) is 0. The van der Waals surface area contributed by atoms with Crippen molar-refractivity contribution in [2.24, 2.45) is 5.73 Å². The summed E-state index contributed by atoms with van der Waals surface area (Å²) < 4.78 is 11.8. The van der Waals surface area contributed by atoms with Crippen LogP contribution in [0.25, 0.3) is 0 Å². The van der Waals surface area contributed by atoms with E-state index in [1.165, 1.54) is 4.90 Å². The van der Waals surface area contributed by atoms with E-state index in [1.807, 2.05) is 26.0 Å². The van der Waals surface area contributed by atoms with Gasteiger partial charge >= 0.3 is 5.97 Å². The first-order valence-corrected chi connectivity index (χ1v) is 10.00. The van der Waals surface area contributed by atoms with Crippen molar-refractivity contribution in [2.75, 3.05) is 0 Å². The number of hydrogen-bond donors (Lipinski definition) is 1. The molecule has 1 aromatic carbocycles. The van der Waals surface area contributed by atoms with Crippen LogP contribution in [0.5, 0.6) is 5.75 Å². The Morgan fingerprint density at radius 2 is 1.93 bits per heavy atom. The molecule has 7 nitrogen and oxygen atoms in total. The van der Waals surface area contributed by atoms with Gasteiger partial charge in [-0.15, -0.1) is 0 Å². The molecule has 0 fully saturated rings. The summed E-state index contributed by atoms with van der Waals surface area (Å²) in [5, 5.41) is 0. The van der Waals surface area contributed by atoms with Crippen LogP contribution in [-0.2, 0) is 20.9 Å². The van der Waals surface area contributed by atoms with E-state index in [4.69, 9.17) is 15.2 Å². The molecule has 0 spiro atoms. The lowest BCUT2D eigenvalue weighted by molar-refractivity contribution is -0.155. The lowest BCUT2D eigenvalue weighted by Gasteiger charge is -2.26. The highest BCUT2D eigenvalue weighted by atomic mass is 79.9. The van der Waals surface area contributed by atoms with E-state index in [9.17, 15) is 14.4 Å². The van der Waals surface area contributed by atoms with Gasteiger partial charge in [0.05, 0.1) is 16.1 Å². The molecule has 2 amide bonds. The summed E-state index contributed by atoms with van der Waals surface area (Å²) in [4.78, 5) is 38.5. The van der Waals surface area contributed by atoms with Crippen LogP contribution in [0.2, 0.25) is 0 Å². The van der Waals surface area contributed by atoms with Crippen molar-refractivity contribution in [3.63, 3.8) is 0 Å². The smallest absolute Gasteiger partial charge is 0.306 e. The fourth-order valence-corrected chi connectivity index (χ4v) is 3.49. The van der Waals surface area contributed by atoms with Crippen LogP contribution >= 0.6 is 15.9 Å². The van der Waals surface area contributed by atoms with E-state index in [2.05, 4.69) is 15.9 Å². The largest absolute Gasteiger partial charge is 0.489 e. The van der Waals surface area contributed by atoms with E-state index in [1.54, 1.807) is 20.8 Å². The average Bonchev–Trinajstić information content (AvgIpc) is 2.85. The number of carbonyl (C=O) groups excluding carboxylic acids is 3. The number of hydrogen-bond acceptors (Lipinski definition) is 5. The monoisotopic (exact) mass is 454 g/mol. The lowest BCUT2D eigenvalue weighted by Crippen LogP contribution is -2.45. The van der Waals surface area contributed by atoms with Gasteiger partial charge in [-0.25, -0.2) is 0 Å². The molecule has 154 valence electrons. The number of fused-ring (bicyclic) bond motifs is 1. The number of rotatable bonds is 7. The molecule has 0 aliphatic carbocycles. The average molecular weight is 455 g/mol. The molecule has 1 heterocycles. The molecule has 28 heavy (non-hydrogen) atoms. The summed E-state index contributed by atoms with van der Waals surface area (Å²) in [5.74, 6) is -0.972. The molecule has 0 saturated carbocycles. The number of esters is 1. The first kappa shape index (κ1) is 22.2. The molecule has 1 unspecified atom stereocenters. The zero-order valence-corrected chi connectivity index (χ0v) is 18.5. The summed E-state index contributed by atoms with van der Waals surface area (Å²) in [6.45, 7) is 9.28. The topological polar surface area (TPSA) is 98.9 Å². The maximum atomic E-state index is 13.1. The number of nitrogens with two attached hydrogens (primary N) is 1. The van der Waals surface area contributed by atoms with Crippen LogP contribution in [-0.4, -0.2) is 40.4 Å². The van der Waals surface area contributed by atoms with Gasteiger partial charge in [-0.3, -0.25) is 14.4 Å². The predicted octanol–water partition coefficient (Wildman–Crippen LogP) is 3.17. The molecular weight excluding hydrogens is 428 g/mol. The number of primary amides is 1. The fraction of sp³-hybridized carbons (Fsp3) is 0.550. The number of nitrogens with zero attached hydrogens (tertiary/aromatic N) is 1. The van der Waals surface area contributed by atoms with Gasteiger partial charge in [0.15, 0.2) is 0 Å². The Balaban J connectivity index is 2.22. The highest BCUT2D eigenvalue weighted by Gasteiger charge is 2.38. The van der Waals surface area contributed by atoms with Gasteiger partial charge in [0, 0.05) is 13.0 Å². The van der Waals surface area contributed by atoms with Crippen molar-refractivity contribution in [3.8, 4) is 5.75 Å². The molecule has 1 aromatic rings. The normalized spacial score (nSPS) is 14.8. The number of benzene rings is 1. The van der Waals surface area contributed by atoms with E-state index >= 15 is 0 Å². The van der Waals surface area contributed by atoms with Crippen LogP contribution in [0, 0.1) is 0 Å². The van der Waals surface area contributed by atoms with Gasteiger partial charge in [-0.2, -0.15) is 0 Å². The Kier molecular flexibility index (Phi) is 6.75. The minimum Gasteiger partial charge on any atom is -0.489 e. The molecule has 1 aliphatic heterocycles. The molecule has 1 atom stereocenters. The predicted molar refractivity (Wildman–Crippen MR) is 108 cm³/mol. The summed E-state index contributed by atoms with van der Waals surface area (Å²) >= 11 is 3.42. The third kappa shape index (κ3) is 5.25. The number of ether oxygens (including phenoxy) is 2. The molecule has 2 N–H and O–H groups in total. The van der Waals surface area contributed by atoms with Crippen molar-refractivity contribution in [2.45, 2.75) is 71.8 Å². The van der Waals surface area contributed by atoms with Gasteiger partial charge in [-0.05, 0) is 68.6 Å². The minimum absolute atomic E-state index is 0.00987. The molecule has 0 bridgehead atoms. The van der Waals surface area contributed by atoms with Crippen molar-refractivity contribution in [1.29, 1.82) is 0 Å². The number of carbonyl (C=O) groups is 3. The molecule has 2 rings (SSSR count). The zero-order chi connectivity index (χ0) is 21.2. The number of amides is 2. The molecule has 1 aliphatic rings. The van der Waals surface area contributed by atoms with Crippen LogP contribution in [0.3, 0.4) is 0 Å². The highest BCUT2D eigenvalue weighted by Crippen LogP contribution is 2.38. The van der Waals surface area contributed by atoms with Gasteiger partial charge in [-0.1, -0.05) is 6.07 Å². The standard InChI is InChI=1S/C20H27BrN2O5/c1-11(2)27-17-13(21)7-6-12-10-23(19(26)16(12)17)14(18(22)25)8-9-15(24)28-20(3,4)5/h6-7,11,14H,8-10H2,1-5H3,(H2,22,25). The van der Waals surface area contributed by atoms with Crippen molar-refractivity contribution in [1.82, 2.24) is 4.90 Å². The van der Waals surface area contributed by atoms with Gasteiger partial charge in [0.1, 0.15) is 17.4 Å². The quantitative estimate of drug-likeness (QED) is 0.637. The minimum atomic E-state index is -0.905. The van der Waals surface area contributed by atoms with Crippen LogP contribution in [0.4, 0.5) is 0 Å². The Labute approximate surface area is 173 Å².